The average Bonchev–Trinajstić information content (AvgIpc) is 3.23. The fraction of sp³-hybridized carbons (Fsp3) is 0.489. The van der Waals surface area contributed by atoms with Gasteiger partial charge in [0.2, 0.25) is 11.3 Å². The minimum absolute atomic E-state index is 0.0591. The van der Waals surface area contributed by atoms with Gasteiger partial charge in [-0.3, -0.25) is 4.79 Å². The third kappa shape index (κ3) is 18.6. The van der Waals surface area contributed by atoms with Crippen LogP contribution in [-0.4, -0.2) is 152 Å². The van der Waals surface area contributed by atoms with E-state index in [0.29, 0.717) is 129 Å². The molecule has 4 rings (SSSR count). The van der Waals surface area contributed by atoms with Gasteiger partial charge in [-0.25, -0.2) is 4.58 Å². The molecule has 2 aliphatic rings. The first-order valence-electron chi connectivity index (χ1n) is 19.9. The lowest BCUT2D eigenvalue weighted by molar-refractivity contribution is -0.254. The van der Waals surface area contributed by atoms with Crippen molar-refractivity contribution in [2.24, 2.45) is 0 Å². The number of benzene rings is 3. The zero-order chi connectivity index (χ0) is 43.4. The molecule has 0 saturated heterocycles. The summed E-state index contributed by atoms with van der Waals surface area (Å²) < 4.78 is 50.9. The molecular weight excluding hydrogens is 775 g/mol. The fourth-order valence-electron chi connectivity index (χ4n) is 5.56. The number of hydrogen-bond donors (Lipinski definition) is 1. The van der Waals surface area contributed by atoms with E-state index in [1.165, 1.54) is 6.92 Å². The van der Waals surface area contributed by atoms with Gasteiger partial charge >= 0.3 is 0 Å². The van der Waals surface area contributed by atoms with Crippen LogP contribution in [0.5, 0.6) is 0 Å². The highest BCUT2D eigenvalue weighted by molar-refractivity contribution is 6.07. The number of rotatable bonds is 28. The Hall–Kier alpha value is -4.89. The zero-order valence-electron chi connectivity index (χ0n) is 35.7. The summed E-state index contributed by atoms with van der Waals surface area (Å²) in [6.45, 7) is 9.86. The number of amides is 1. The molecule has 1 amide bonds. The number of ether oxygens (including phenoxy) is 8. The van der Waals surface area contributed by atoms with Gasteiger partial charge in [0, 0.05) is 67.5 Å². The van der Waals surface area contributed by atoms with E-state index in [9.17, 15) is 14.7 Å². The second-order valence-corrected chi connectivity index (χ2v) is 13.5. The van der Waals surface area contributed by atoms with E-state index in [4.69, 9.17) is 48.7 Å². The maximum absolute atomic E-state index is 11.8. The summed E-state index contributed by atoms with van der Waals surface area (Å²) in [7, 11) is 7.88. The minimum atomic E-state index is -1.20. The summed E-state index contributed by atoms with van der Waals surface area (Å²) >= 11 is 0. The third-order valence-electron chi connectivity index (χ3n) is 8.55. The molecule has 0 fully saturated rings. The molecule has 1 aliphatic carbocycles. The van der Waals surface area contributed by atoms with Crippen LogP contribution in [0.2, 0.25) is 0 Å². The number of nitrogens with zero attached hydrogens (tertiary/aromatic N) is 2. The maximum Gasteiger partial charge on any atom is 0.216 e. The lowest BCUT2D eigenvalue weighted by atomic mass is 9.90. The predicted molar refractivity (Wildman–Crippen MR) is 228 cm³/mol. The Balaban J connectivity index is 0.000000320. The summed E-state index contributed by atoms with van der Waals surface area (Å²) in [6.07, 6.45) is 5.06. The Bertz CT molecular complexity index is 1940. The largest absolute Gasteiger partial charge is 0.545 e. The predicted octanol–water partition coefficient (Wildman–Crippen LogP) is 2.55. The third-order valence-corrected chi connectivity index (χ3v) is 8.55. The van der Waals surface area contributed by atoms with Crippen molar-refractivity contribution in [2.75, 3.05) is 145 Å². The van der Waals surface area contributed by atoms with Gasteiger partial charge in [-0.1, -0.05) is 30.2 Å². The number of carbonyl (C=O) groups excluding carboxylic acids is 2. The van der Waals surface area contributed by atoms with Gasteiger partial charge in [-0.05, 0) is 23.8 Å². The van der Waals surface area contributed by atoms with Crippen molar-refractivity contribution in [3.63, 3.8) is 0 Å². The molecule has 1 heterocycles. The highest BCUT2D eigenvalue weighted by atomic mass is 16.6. The highest BCUT2D eigenvalue weighted by Gasteiger charge is 2.20. The van der Waals surface area contributed by atoms with E-state index in [0.717, 1.165) is 27.6 Å². The number of nitrogens with one attached hydrogen (secondary N) is 1. The van der Waals surface area contributed by atoms with Crippen LogP contribution < -0.4 is 25.3 Å². The highest BCUT2D eigenvalue weighted by Crippen LogP contribution is 2.41. The molecule has 0 unspecified atom stereocenters. The van der Waals surface area contributed by atoms with E-state index in [1.54, 1.807) is 12.1 Å². The molecular formula is C45H61N3O12. The first kappa shape index (κ1) is 49.5. The van der Waals surface area contributed by atoms with Crippen LogP contribution >= 0.6 is 0 Å². The van der Waals surface area contributed by atoms with E-state index < -0.39 is 5.97 Å². The number of terminal acetylenes is 1. The number of carboxylic acid groups (broad SMARTS) is 1. The molecule has 328 valence electrons. The first-order valence-corrected chi connectivity index (χ1v) is 19.9. The SMILES string of the molecule is C#CCOCCOCCOCCOCCOCCOCCOCCOCCNC(C)=O.CN(C)c1ccc2c(-c3ccccc3C(=O)[O-])c3ccc(=[N+](C)C)cc-3oc2c1. The monoisotopic (exact) mass is 835 g/mol. The number of aromatic carboxylic acids is 1. The van der Waals surface area contributed by atoms with Gasteiger partial charge in [-0.15, -0.1) is 6.42 Å². The Morgan fingerprint density at radius 2 is 1.22 bits per heavy atom. The number of hydrogen-bond acceptors (Lipinski definition) is 13. The van der Waals surface area contributed by atoms with Crippen LogP contribution in [0.25, 0.3) is 33.4 Å². The number of carbonyl (C=O) groups is 2. The lowest BCUT2D eigenvalue weighted by Gasteiger charge is -2.19. The Morgan fingerprint density at radius 3 is 1.70 bits per heavy atom. The Labute approximate surface area is 353 Å². The van der Waals surface area contributed by atoms with Crippen molar-refractivity contribution in [1.29, 1.82) is 0 Å². The van der Waals surface area contributed by atoms with Gasteiger partial charge in [0.1, 0.15) is 32.0 Å². The summed E-state index contributed by atoms with van der Waals surface area (Å²) in [5, 5.41) is 16.3. The molecule has 0 bridgehead atoms. The molecule has 1 N–H and O–H groups in total. The van der Waals surface area contributed by atoms with Gasteiger partial charge in [-0.2, -0.15) is 0 Å². The summed E-state index contributed by atoms with van der Waals surface area (Å²) in [5.41, 5.74) is 4.17. The van der Waals surface area contributed by atoms with Crippen LogP contribution in [0.1, 0.15) is 17.3 Å². The Morgan fingerprint density at radius 1 is 0.700 bits per heavy atom. The quantitative estimate of drug-likeness (QED) is 0.0385. The number of anilines is 1. The molecule has 0 spiro atoms. The molecule has 0 atom stereocenters. The average molecular weight is 836 g/mol. The number of fused-ring (bicyclic) bond motifs is 2. The minimum Gasteiger partial charge on any atom is -0.545 e. The molecule has 0 saturated carbocycles. The van der Waals surface area contributed by atoms with Crippen LogP contribution in [0.3, 0.4) is 0 Å². The van der Waals surface area contributed by atoms with Crippen LogP contribution in [0.4, 0.5) is 5.69 Å². The topological polar surface area (TPSA) is 162 Å². The molecule has 0 radical (unpaired) electrons. The van der Waals surface area contributed by atoms with E-state index in [-0.39, 0.29) is 11.5 Å². The lowest BCUT2D eigenvalue weighted by Crippen LogP contribution is -2.25. The second kappa shape index (κ2) is 29.4. The van der Waals surface area contributed by atoms with E-state index >= 15 is 0 Å². The maximum atomic E-state index is 11.8. The van der Waals surface area contributed by atoms with E-state index in [1.807, 2.05) is 86.2 Å². The van der Waals surface area contributed by atoms with Crippen LogP contribution in [0.15, 0.2) is 65.1 Å². The van der Waals surface area contributed by atoms with Gasteiger partial charge in [0.15, 0.2) is 0 Å². The van der Waals surface area contributed by atoms with Gasteiger partial charge in [0.25, 0.3) is 0 Å². The summed E-state index contributed by atoms with van der Waals surface area (Å²) in [5.74, 6) is 1.83. The van der Waals surface area contributed by atoms with Crippen LogP contribution in [0, 0.1) is 12.3 Å². The molecule has 1 aliphatic heterocycles. The van der Waals surface area contributed by atoms with Crippen molar-refractivity contribution in [3.05, 3.63) is 71.6 Å². The second-order valence-electron chi connectivity index (χ2n) is 13.5. The molecule has 0 aromatic heterocycles. The fourth-order valence-corrected chi connectivity index (χ4v) is 5.56. The van der Waals surface area contributed by atoms with Crippen molar-refractivity contribution >= 4 is 28.5 Å². The molecule has 2 aromatic rings. The van der Waals surface area contributed by atoms with Crippen molar-refractivity contribution in [3.8, 4) is 34.8 Å². The summed E-state index contributed by atoms with van der Waals surface area (Å²) in [6, 6.07) is 18.9. The van der Waals surface area contributed by atoms with Crippen molar-refractivity contribution < 1.29 is 57.0 Å². The smallest absolute Gasteiger partial charge is 0.216 e. The van der Waals surface area contributed by atoms with Gasteiger partial charge in [0.05, 0.1) is 111 Å². The van der Waals surface area contributed by atoms with Crippen molar-refractivity contribution in [1.82, 2.24) is 9.89 Å². The molecule has 60 heavy (non-hydrogen) atoms. The molecule has 15 nitrogen and oxygen atoms in total. The standard InChI is InChI=1S/C24H22N2O3.C21H39NO9/c1-25(2)15-9-11-19-21(13-15)29-22-14-16(26(3)4)10-12-20(22)23(19)17-7-5-6-8-18(17)24(27)28;1-3-5-24-7-9-26-11-13-28-15-17-30-19-20-31-18-16-29-14-12-27-10-8-25-6-4-22-21(2)23/h5-14H,1-4H3;1H,4-20H2,2H3,(H,22,23). The van der Waals surface area contributed by atoms with Gasteiger partial charge < -0.3 is 62.4 Å². The first-order chi connectivity index (χ1) is 29.1. The van der Waals surface area contributed by atoms with Crippen LogP contribution in [-0.2, 0) is 42.7 Å². The zero-order valence-corrected chi connectivity index (χ0v) is 35.7. The van der Waals surface area contributed by atoms with Crippen molar-refractivity contribution in [2.45, 2.75) is 6.92 Å². The van der Waals surface area contributed by atoms with E-state index in [2.05, 4.69) is 11.2 Å². The molecule has 15 heteroatoms. The molecule has 2 aromatic carbocycles. The number of carboxylic acids is 1. The summed E-state index contributed by atoms with van der Waals surface area (Å²) in [4.78, 5) is 24.5. The Kier molecular flexibility index (Phi) is 24.2. The normalized spacial score (nSPS) is 10.9.